The summed E-state index contributed by atoms with van der Waals surface area (Å²) in [6, 6.07) is 8.87. The monoisotopic (exact) mass is 325 g/mol. The molecule has 1 saturated heterocycles. The Hall–Kier alpha value is -1.70. The van der Waals surface area contributed by atoms with Crippen molar-refractivity contribution in [3.63, 3.8) is 0 Å². The molecule has 118 valence electrons. The average Bonchev–Trinajstić information content (AvgIpc) is 3.03. The van der Waals surface area contributed by atoms with Gasteiger partial charge in [0.25, 0.3) is 10.0 Å². The van der Waals surface area contributed by atoms with Crippen molar-refractivity contribution in [1.82, 2.24) is 4.72 Å². The van der Waals surface area contributed by atoms with Crippen LogP contribution in [0.2, 0.25) is 0 Å². The van der Waals surface area contributed by atoms with E-state index in [1.807, 2.05) is 0 Å². The fraction of sp³-hybridized carbons (Fsp3) is 0.333. The van der Waals surface area contributed by atoms with Gasteiger partial charge in [-0.05, 0) is 42.7 Å². The zero-order valence-electron chi connectivity index (χ0n) is 11.8. The van der Waals surface area contributed by atoms with E-state index in [1.54, 1.807) is 12.1 Å². The summed E-state index contributed by atoms with van der Waals surface area (Å²) in [5.74, 6) is -0.402. The number of sulfonamides is 1. The maximum Gasteiger partial charge on any atom is 0.274 e. The van der Waals surface area contributed by atoms with E-state index < -0.39 is 21.4 Å². The molecule has 2 aromatic rings. The number of nitrogens with one attached hydrogen (secondary N) is 1. The molecule has 1 N–H and O–H groups in total. The van der Waals surface area contributed by atoms with Gasteiger partial charge in [0.05, 0.1) is 11.8 Å². The van der Waals surface area contributed by atoms with Crippen molar-refractivity contribution in [1.29, 1.82) is 0 Å². The molecule has 0 unspecified atom stereocenters. The van der Waals surface area contributed by atoms with Gasteiger partial charge in [-0.1, -0.05) is 12.1 Å². The van der Waals surface area contributed by atoms with E-state index in [4.69, 9.17) is 9.15 Å². The van der Waals surface area contributed by atoms with Crippen LogP contribution in [0.5, 0.6) is 0 Å². The van der Waals surface area contributed by atoms with E-state index in [1.165, 1.54) is 30.5 Å². The molecular weight excluding hydrogens is 309 g/mol. The van der Waals surface area contributed by atoms with Gasteiger partial charge in [-0.3, -0.25) is 0 Å². The maximum atomic E-state index is 13.6. The van der Waals surface area contributed by atoms with Crippen molar-refractivity contribution in [3.8, 4) is 0 Å². The second-order valence-electron chi connectivity index (χ2n) is 5.24. The third-order valence-electron chi connectivity index (χ3n) is 3.81. The number of ether oxygens (including phenoxy) is 1. The quantitative estimate of drug-likeness (QED) is 0.937. The van der Waals surface area contributed by atoms with Crippen molar-refractivity contribution in [2.75, 3.05) is 13.2 Å². The van der Waals surface area contributed by atoms with Crippen molar-refractivity contribution < 1.29 is 22.0 Å². The SMILES string of the molecule is O=S(=O)(NC1(c2cccc(F)c2)CCOCC1)c1ccco1. The predicted molar refractivity (Wildman–Crippen MR) is 77.2 cm³/mol. The molecule has 0 atom stereocenters. The highest BCUT2D eigenvalue weighted by molar-refractivity contribution is 7.89. The minimum absolute atomic E-state index is 0.158. The fourth-order valence-corrected chi connectivity index (χ4v) is 4.06. The summed E-state index contributed by atoms with van der Waals surface area (Å²) >= 11 is 0. The van der Waals surface area contributed by atoms with Gasteiger partial charge >= 0.3 is 0 Å². The molecule has 0 radical (unpaired) electrons. The average molecular weight is 325 g/mol. The number of halogens is 1. The fourth-order valence-electron chi connectivity index (χ4n) is 2.68. The van der Waals surface area contributed by atoms with Crippen molar-refractivity contribution in [3.05, 3.63) is 54.0 Å². The molecule has 7 heteroatoms. The molecule has 0 amide bonds. The molecule has 1 aromatic carbocycles. The first kappa shape index (κ1) is 15.2. The van der Waals surface area contributed by atoms with Crippen LogP contribution in [0.4, 0.5) is 4.39 Å². The van der Waals surface area contributed by atoms with Gasteiger partial charge in [0.2, 0.25) is 5.09 Å². The molecule has 3 rings (SSSR count). The van der Waals surface area contributed by atoms with Gasteiger partial charge in [0.1, 0.15) is 5.82 Å². The number of hydrogen-bond donors (Lipinski definition) is 1. The van der Waals surface area contributed by atoms with Crippen LogP contribution in [0.1, 0.15) is 18.4 Å². The van der Waals surface area contributed by atoms with Crippen LogP contribution in [0.3, 0.4) is 0 Å². The van der Waals surface area contributed by atoms with Gasteiger partial charge in [0, 0.05) is 13.2 Å². The Morgan fingerprint density at radius 1 is 1.14 bits per heavy atom. The second-order valence-corrected chi connectivity index (χ2v) is 6.86. The van der Waals surface area contributed by atoms with Gasteiger partial charge in [-0.25, -0.2) is 12.8 Å². The molecule has 1 aliphatic heterocycles. The first-order chi connectivity index (χ1) is 10.5. The smallest absolute Gasteiger partial charge is 0.274 e. The van der Waals surface area contributed by atoms with Crippen LogP contribution in [0.25, 0.3) is 0 Å². The number of furan rings is 1. The first-order valence-corrected chi connectivity index (χ1v) is 8.41. The summed E-state index contributed by atoms with van der Waals surface area (Å²) in [5.41, 5.74) is -0.308. The van der Waals surface area contributed by atoms with E-state index >= 15 is 0 Å². The van der Waals surface area contributed by atoms with Crippen molar-refractivity contribution >= 4 is 10.0 Å². The van der Waals surface area contributed by atoms with Gasteiger partial charge in [-0.15, -0.1) is 0 Å². The largest absolute Gasteiger partial charge is 0.452 e. The first-order valence-electron chi connectivity index (χ1n) is 6.93. The molecule has 1 aliphatic rings. The molecular formula is C15H16FNO4S. The highest BCUT2D eigenvalue weighted by Gasteiger charge is 2.39. The van der Waals surface area contributed by atoms with Gasteiger partial charge in [0.15, 0.2) is 0 Å². The summed E-state index contributed by atoms with van der Waals surface area (Å²) in [6.07, 6.45) is 2.15. The van der Waals surface area contributed by atoms with E-state index in [0.717, 1.165) is 0 Å². The Bertz CT molecular complexity index is 737. The minimum Gasteiger partial charge on any atom is -0.452 e. The van der Waals surface area contributed by atoms with Crippen LogP contribution < -0.4 is 4.72 Å². The molecule has 1 aromatic heterocycles. The van der Waals surface area contributed by atoms with E-state index in [9.17, 15) is 12.8 Å². The molecule has 0 spiro atoms. The van der Waals surface area contributed by atoms with E-state index in [0.29, 0.717) is 31.6 Å². The van der Waals surface area contributed by atoms with E-state index in [-0.39, 0.29) is 5.09 Å². The minimum atomic E-state index is -3.83. The molecule has 0 bridgehead atoms. The predicted octanol–water partition coefficient (Wildman–Crippen LogP) is 2.40. The molecule has 5 nitrogen and oxygen atoms in total. The summed E-state index contributed by atoms with van der Waals surface area (Å²) in [6.45, 7) is 0.800. The molecule has 22 heavy (non-hydrogen) atoms. The lowest BCUT2D eigenvalue weighted by Gasteiger charge is -2.37. The highest BCUT2D eigenvalue weighted by Crippen LogP contribution is 2.34. The lowest BCUT2D eigenvalue weighted by molar-refractivity contribution is 0.0456. The standard InChI is InChI=1S/C15H16FNO4S/c16-13-4-1-3-12(11-13)15(6-9-20-10-7-15)17-22(18,19)14-5-2-8-21-14/h1-5,8,11,17H,6-7,9-10H2. The van der Waals surface area contributed by atoms with E-state index in [2.05, 4.69) is 4.72 Å². The van der Waals surface area contributed by atoms with Crippen LogP contribution in [-0.4, -0.2) is 21.6 Å². The second kappa shape index (κ2) is 5.83. The van der Waals surface area contributed by atoms with Crippen molar-refractivity contribution in [2.45, 2.75) is 23.5 Å². The van der Waals surface area contributed by atoms with Crippen molar-refractivity contribution in [2.24, 2.45) is 0 Å². The van der Waals surface area contributed by atoms with Crippen LogP contribution >= 0.6 is 0 Å². The zero-order chi connectivity index (χ0) is 15.6. The number of benzene rings is 1. The summed E-state index contributed by atoms with van der Waals surface area (Å²) in [7, 11) is -3.83. The Kier molecular flexibility index (Phi) is 4.03. The third-order valence-corrected chi connectivity index (χ3v) is 5.23. The van der Waals surface area contributed by atoms with Gasteiger partial charge < -0.3 is 9.15 Å². The Labute approximate surface area is 128 Å². The maximum absolute atomic E-state index is 13.6. The Balaban J connectivity index is 2.00. The Morgan fingerprint density at radius 2 is 1.91 bits per heavy atom. The van der Waals surface area contributed by atoms with Gasteiger partial charge in [-0.2, -0.15) is 4.72 Å². The highest BCUT2D eigenvalue weighted by atomic mass is 32.2. The summed E-state index contributed by atoms with van der Waals surface area (Å²) in [4.78, 5) is 0. The molecule has 1 fully saturated rings. The zero-order valence-corrected chi connectivity index (χ0v) is 12.6. The summed E-state index contributed by atoms with van der Waals surface area (Å²) < 4.78 is 51.5. The third kappa shape index (κ3) is 2.92. The topological polar surface area (TPSA) is 68.5 Å². The van der Waals surface area contributed by atoms with Crippen LogP contribution in [0.15, 0.2) is 52.2 Å². The molecule has 0 aliphatic carbocycles. The Morgan fingerprint density at radius 3 is 2.55 bits per heavy atom. The molecule has 0 saturated carbocycles. The van der Waals surface area contributed by atoms with Crippen LogP contribution in [0, 0.1) is 5.82 Å². The lowest BCUT2D eigenvalue weighted by Crippen LogP contribution is -2.49. The number of rotatable bonds is 4. The molecule has 2 heterocycles. The normalized spacial score (nSPS) is 18.2. The number of hydrogen-bond acceptors (Lipinski definition) is 4. The lowest BCUT2D eigenvalue weighted by atomic mass is 9.84. The van der Waals surface area contributed by atoms with Crippen LogP contribution in [-0.2, 0) is 20.3 Å². The summed E-state index contributed by atoms with van der Waals surface area (Å²) in [5, 5.41) is -0.158.